The number of oxime groups is 1. The molecule has 0 aromatic heterocycles. The third-order valence-electron chi connectivity index (χ3n) is 0.455. The second kappa shape index (κ2) is 2.65. The maximum atomic E-state index is 11.4. The molecule has 1 N–H and O–H groups in total. The van der Waals surface area contributed by atoms with E-state index in [-0.39, 0.29) is 0 Å². The molecule has 0 aromatic rings. The predicted molar refractivity (Wildman–Crippen MR) is 21.0 cm³/mol. The molecule has 0 aliphatic carbocycles. The number of hydrogen-bond acceptors (Lipinski definition) is 2. The zero-order chi connectivity index (χ0) is 7.49. The summed E-state index contributed by atoms with van der Waals surface area (Å²) in [5, 5.41) is 9.11. The first kappa shape index (κ1) is 8.19. The fourth-order valence-electron chi connectivity index (χ4n) is 0.201. The molecule has 0 spiro atoms. The molecular formula is C3H3F4NO. The Labute approximate surface area is 47.8 Å². The molecule has 0 fully saturated rings. The number of alkyl halides is 3. The van der Waals surface area contributed by atoms with Crippen LogP contribution in [0.25, 0.3) is 0 Å². The van der Waals surface area contributed by atoms with E-state index in [0.29, 0.717) is 0 Å². The molecule has 0 saturated carbocycles. The van der Waals surface area contributed by atoms with E-state index in [0.717, 1.165) is 0 Å². The van der Waals surface area contributed by atoms with Crippen LogP contribution in [0.1, 0.15) is 6.42 Å². The first-order valence-electron chi connectivity index (χ1n) is 1.89. The average Bonchev–Trinajstić information content (AvgIpc) is 1.62. The Bertz CT molecular complexity index is 117. The summed E-state index contributed by atoms with van der Waals surface area (Å²) in [6.07, 6.45) is -6.46. The number of rotatable bonds is 1. The van der Waals surface area contributed by atoms with E-state index in [4.69, 9.17) is 5.21 Å². The third-order valence-corrected chi connectivity index (χ3v) is 0.455. The molecule has 0 aromatic carbocycles. The van der Waals surface area contributed by atoms with Gasteiger partial charge in [-0.1, -0.05) is 5.16 Å². The van der Waals surface area contributed by atoms with Gasteiger partial charge in [-0.3, -0.25) is 0 Å². The monoisotopic (exact) mass is 145 g/mol. The van der Waals surface area contributed by atoms with Crippen molar-refractivity contribution >= 4 is 5.97 Å². The molecule has 0 heterocycles. The van der Waals surface area contributed by atoms with Gasteiger partial charge in [0.15, 0.2) is 0 Å². The summed E-state index contributed by atoms with van der Waals surface area (Å²) in [5.74, 6) is -1.83. The van der Waals surface area contributed by atoms with Gasteiger partial charge >= 0.3 is 6.18 Å². The fraction of sp³-hybridized carbons (Fsp3) is 0.667. The lowest BCUT2D eigenvalue weighted by Gasteiger charge is -1.99. The molecule has 0 atom stereocenters. The van der Waals surface area contributed by atoms with Crippen LogP contribution in [0.4, 0.5) is 17.6 Å². The molecule has 9 heavy (non-hydrogen) atoms. The van der Waals surface area contributed by atoms with Crippen LogP contribution in [0, 0.1) is 0 Å². The van der Waals surface area contributed by atoms with Crippen LogP contribution in [0.5, 0.6) is 0 Å². The van der Waals surface area contributed by atoms with Crippen molar-refractivity contribution in [1.82, 2.24) is 0 Å². The Morgan fingerprint density at radius 3 is 2.00 bits per heavy atom. The van der Waals surface area contributed by atoms with Gasteiger partial charge in [-0.15, -0.1) is 0 Å². The third kappa shape index (κ3) is 5.05. The molecule has 0 rings (SSSR count). The van der Waals surface area contributed by atoms with Gasteiger partial charge in [-0.05, 0) is 0 Å². The molecule has 2 nitrogen and oxygen atoms in total. The lowest BCUT2D eigenvalue weighted by atomic mass is 10.4. The van der Waals surface area contributed by atoms with E-state index in [9.17, 15) is 17.6 Å². The quantitative estimate of drug-likeness (QED) is 0.259. The molecule has 0 saturated heterocycles. The summed E-state index contributed by atoms with van der Waals surface area (Å²) in [6.45, 7) is 0. The second-order valence-electron chi connectivity index (χ2n) is 1.27. The predicted octanol–water partition coefficient (Wildman–Crippen LogP) is 1.70. The van der Waals surface area contributed by atoms with Crippen molar-refractivity contribution in [2.45, 2.75) is 12.6 Å². The first-order valence-corrected chi connectivity index (χ1v) is 1.89. The van der Waals surface area contributed by atoms with Crippen LogP contribution >= 0.6 is 0 Å². The molecule has 6 heteroatoms. The lowest BCUT2D eigenvalue weighted by molar-refractivity contribution is -0.122. The van der Waals surface area contributed by atoms with Gasteiger partial charge in [-0.2, -0.15) is 17.6 Å². The molecule has 0 aliphatic heterocycles. The zero-order valence-electron chi connectivity index (χ0n) is 4.11. The summed E-state index contributed by atoms with van der Waals surface area (Å²) >= 11 is 0. The first-order chi connectivity index (χ1) is 3.95. The van der Waals surface area contributed by atoms with Gasteiger partial charge in [0.25, 0.3) is 0 Å². The van der Waals surface area contributed by atoms with Crippen molar-refractivity contribution in [2.75, 3.05) is 0 Å². The Hall–Kier alpha value is -0.810. The molecule has 0 unspecified atom stereocenters. The Kier molecular flexibility index (Phi) is 2.41. The smallest absolute Gasteiger partial charge is 0.397 e. The van der Waals surface area contributed by atoms with Crippen LogP contribution in [-0.4, -0.2) is 17.3 Å². The van der Waals surface area contributed by atoms with E-state index in [1.54, 1.807) is 5.16 Å². The minimum atomic E-state index is -4.64. The molecule has 54 valence electrons. The van der Waals surface area contributed by atoms with E-state index in [2.05, 4.69) is 0 Å². The molecule has 0 bridgehead atoms. The van der Waals surface area contributed by atoms with Crippen molar-refractivity contribution in [3.63, 3.8) is 0 Å². The van der Waals surface area contributed by atoms with Crippen molar-refractivity contribution in [1.29, 1.82) is 0 Å². The van der Waals surface area contributed by atoms with Gasteiger partial charge < -0.3 is 5.21 Å². The highest BCUT2D eigenvalue weighted by molar-refractivity contribution is 5.74. The van der Waals surface area contributed by atoms with E-state index in [1.165, 1.54) is 0 Å². The van der Waals surface area contributed by atoms with Crippen LogP contribution < -0.4 is 0 Å². The summed E-state index contributed by atoms with van der Waals surface area (Å²) in [4.78, 5) is 0. The second-order valence-corrected chi connectivity index (χ2v) is 1.27. The summed E-state index contributed by atoms with van der Waals surface area (Å²) < 4.78 is 44.6. The lowest BCUT2D eigenvalue weighted by Crippen LogP contribution is -2.11. The van der Waals surface area contributed by atoms with Gasteiger partial charge in [0.2, 0.25) is 5.97 Å². The Morgan fingerprint density at radius 1 is 1.44 bits per heavy atom. The molecule has 0 radical (unpaired) electrons. The van der Waals surface area contributed by atoms with Crippen molar-refractivity contribution in [2.24, 2.45) is 5.16 Å². The van der Waals surface area contributed by atoms with Gasteiger partial charge in [-0.25, -0.2) is 0 Å². The highest BCUT2D eigenvalue weighted by Gasteiger charge is 2.30. The van der Waals surface area contributed by atoms with E-state index < -0.39 is 18.6 Å². The van der Waals surface area contributed by atoms with Crippen LogP contribution in [0.3, 0.4) is 0 Å². The van der Waals surface area contributed by atoms with Gasteiger partial charge in [0.05, 0.1) is 0 Å². The van der Waals surface area contributed by atoms with Crippen LogP contribution in [-0.2, 0) is 0 Å². The highest BCUT2D eigenvalue weighted by atomic mass is 19.4. The molecule has 0 aliphatic rings. The van der Waals surface area contributed by atoms with Crippen molar-refractivity contribution < 1.29 is 22.8 Å². The molecule has 0 amide bonds. The number of hydrogen-bond donors (Lipinski definition) is 1. The number of halogens is 4. The zero-order valence-corrected chi connectivity index (χ0v) is 4.11. The Morgan fingerprint density at radius 2 is 1.89 bits per heavy atom. The number of nitrogens with zero attached hydrogens (tertiary/aromatic N) is 1. The van der Waals surface area contributed by atoms with Gasteiger partial charge in [0.1, 0.15) is 6.42 Å². The summed E-state index contributed by atoms with van der Waals surface area (Å²) in [7, 11) is 0. The van der Waals surface area contributed by atoms with Gasteiger partial charge in [0, 0.05) is 0 Å². The fourth-order valence-corrected chi connectivity index (χ4v) is 0.201. The standard InChI is InChI=1S/C3H3F4NO/c4-2(8-9)1-3(5,6)7/h9H,1H2/b8-2-. The summed E-state index contributed by atoms with van der Waals surface area (Å²) in [5.41, 5.74) is 0. The van der Waals surface area contributed by atoms with E-state index in [1.807, 2.05) is 0 Å². The normalized spacial score (nSPS) is 14.0. The SMILES string of the molecule is O/N=C(\F)CC(F)(F)F. The maximum absolute atomic E-state index is 11.4. The average molecular weight is 145 g/mol. The molecular weight excluding hydrogens is 142 g/mol. The highest BCUT2D eigenvalue weighted by Crippen LogP contribution is 2.20. The minimum absolute atomic E-state index is 1.70. The van der Waals surface area contributed by atoms with Crippen LogP contribution in [0.15, 0.2) is 5.16 Å². The van der Waals surface area contributed by atoms with Crippen molar-refractivity contribution in [3.05, 3.63) is 0 Å². The van der Waals surface area contributed by atoms with Crippen molar-refractivity contribution in [3.8, 4) is 0 Å². The van der Waals surface area contributed by atoms with E-state index >= 15 is 0 Å². The largest absolute Gasteiger partial charge is 0.409 e. The minimum Gasteiger partial charge on any atom is -0.409 e. The summed E-state index contributed by atoms with van der Waals surface area (Å²) in [6, 6.07) is 0. The Balaban J connectivity index is 3.75. The van der Waals surface area contributed by atoms with Crippen LogP contribution in [0.2, 0.25) is 0 Å². The maximum Gasteiger partial charge on any atom is 0.397 e. The topological polar surface area (TPSA) is 32.6 Å².